The number of nitrogens with zero attached hydrogens (tertiary/aromatic N) is 2. The van der Waals surface area contributed by atoms with Gasteiger partial charge in [-0.3, -0.25) is 4.79 Å². The molecule has 7 heteroatoms. The Bertz CT molecular complexity index is 568. The molecule has 2 aromatic rings. The Morgan fingerprint density at radius 2 is 2.26 bits per heavy atom. The fourth-order valence-electron chi connectivity index (χ4n) is 1.51. The normalized spacial score (nSPS) is 10.2. The predicted molar refractivity (Wildman–Crippen MR) is 67.2 cm³/mol. The first kappa shape index (κ1) is 13.0. The Hall–Kier alpha value is -2.41. The van der Waals surface area contributed by atoms with Crippen LogP contribution in [-0.4, -0.2) is 29.7 Å². The first-order chi connectivity index (χ1) is 9.24. The number of methoxy groups -OCH3 is 1. The zero-order valence-electron chi connectivity index (χ0n) is 10.4. The molecule has 0 bridgehead atoms. The van der Waals surface area contributed by atoms with Crippen molar-refractivity contribution in [2.45, 2.75) is 6.54 Å². The van der Waals surface area contributed by atoms with Gasteiger partial charge in [0.25, 0.3) is 0 Å². The molecule has 0 aliphatic carbocycles. The maximum Gasteiger partial charge on any atom is 0.246 e. The molecule has 7 nitrogen and oxygen atoms in total. The maximum atomic E-state index is 11.0. The minimum atomic E-state index is -0.281. The molecule has 3 N–H and O–H groups in total. The van der Waals surface area contributed by atoms with Gasteiger partial charge in [-0.25, -0.2) is 0 Å². The monoisotopic (exact) mass is 262 g/mol. The maximum absolute atomic E-state index is 11.0. The minimum Gasteiger partial charge on any atom is -0.496 e. The number of hydrogen-bond acceptors (Lipinski definition) is 6. The number of nitrogens with one attached hydrogen (secondary N) is 1. The smallest absolute Gasteiger partial charge is 0.246 e. The second-order valence-corrected chi connectivity index (χ2v) is 3.69. The van der Waals surface area contributed by atoms with E-state index in [1.807, 2.05) is 24.3 Å². The average molecular weight is 262 g/mol. The van der Waals surface area contributed by atoms with Crippen molar-refractivity contribution >= 4 is 5.91 Å². The fourth-order valence-corrected chi connectivity index (χ4v) is 1.51. The molecule has 1 heterocycles. The summed E-state index contributed by atoms with van der Waals surface area (Å²) < 4.78 is 10.3. The Morgan fingerprint density at radius 3 is 3.00 bits per heavy atom. The van der Waals surface area contributed by atoms with Crippen LogP contribution in [0.2, 0.25) is 0 Å². The van der Waals surface area contributed by atoms with Gasteiger partial charge in [0.2, 0.25) is 17.6 Å². The topological polar surface area (TPSA) is 103 Å². The van der Waals surface area contributed by atoms with E-state index >= 15 is 0 Å². The largest absolute Gasteiger partial charge is 0.496 e. The van der Waals surface area contributed by atoms with E-state index in [9.17, 15) is 4.79 Å². The van der Waals surface area contributed by atoms with E-state index in [1.165, 1.54) is 0 Å². The van der Waals surface area contributed by atoms with Gasteiger partial charge >= 0.3 is 0 Å². The van der Waals surface area contributed by atoms with Crippen molar-refractivity contribution in [3.63, 3.8) is 0 Å². The molecular formula is C12H14N4O3. The van der Waals surface area contributed by atoms with Crippen LogP contribution < -0.4 is 15.8 Å². The van der Waals surface area contributed by atoms with Gasteiger partial charge in [-0.05, 0) is 12.1 Å². The number of benzene rings is 1. The zero-order valence-corrected chi connectivity index (χ0v) is 10.4. The molecule has 1 aromatic heterocycles. The van der Waals surface area contributed by atoms with Crippen molar-refractivity contribution < 1.29 is 14.1 Å². The summed E-state index contributed by atoms with van der Waals surface area (Å²) in [6.07, 6.45) is 0. The predicted octanol–water partition coefficient (Wildman–Crippen LogP) is 0.320. The van der Waals surface area contributed by atoms with Crippen LogP contribution in [0.25, 0.3) is 11.4 Å². The summed E-state index contributed by atoms with van der Waals surface area (Å²) in [5.41, 5.74) is 5.90. The lowest BCUT2D eigenvalue weighted by Crippen LogP contribution is -2.29. The third-order valence-electron chi connectivity index (χ3n) is 2.44. The third-order valence-corrected chi connectivity index (χ3v) is 2.44. The lowest BCUT2D eigenvalue weighted by Gasteiger charge is -2.03. The Labute approximate surface area is 109 Å². The van der Waals surface area contributed by atoms with Gasteiger partial charge in [-0.1, -0.05) is 17.3 Å². The van der Waals surface area contributed by atoms with Crippen LogP contribution in [-0.2, 0) is 11.3 Å². The Balaban J connectivity index is 2.14. The minimum absolute atomic E-state index is 0.0759. The average Bonchev–Trinajstić information content (AvgIpc) is 2.93. The number of nitrogens with two attached hydrogens (primary N) is 1. The number of aromatic nitrogens is 2. The van der Waals surface area contributed by atoms with Gasteiger partial charge in [0.1, 0.15) is 5.75 Å². The second-order valence-electron chi connectivity index (χ2n) is 3.69. The van der Waals surface area contributed by atoms with Crippen LogP contribution in [0.15, 0.2) is 28.8 Å². The van der Waals surface area contributed by atoms with Crippen LogP contribution in [0.5, 0.6) is 5.75 Å². The van der Waals surface area contributed by atoms with Gasteiger partial charge in [-0.15, -0.1) is 0 Å². The summed E-state index contributed by atoms with van der Waals surface area (Å²) in [6.45, 7) is 0.0751. The van der Waals surface area contributed by atoms with Crippen LogP contribution in [0, 0.1) is 0 Å². The van der Waals surface area contributed by atoms with Crippen LogP contribution in [0.4, 0.5) is 0 Å². The van der Waals surface area contributed by atoms with Crippen molar-refractivity contribution in [3.8, 4) is 17.1 Å². The van der Waals surface area contributed by atoms with Crippen LogP contribution in [0.1, 0.15) is 5.89 Å². The molecule has 2 rings (SSSR count). The molecule has 1 aromatic carbocycles. The number of carbonyl (C=O) groups excluding carboxylic acids is 1. The summed E-state index contributed by atoms with van der Waals surface area (Å²) in [5.74, 6) is 1.09. The van der Waals surface area contributed by atoms with Crippen molar-refractivity contribution in [2.75, 3.05) is 13.7 Å². The highest BCUT2D eigenvalue weighted by atomic mass is 16.5. The van der Waals surface area contributed by atoms with Gasteiger partial charge in [-0.2, -0.15) is 4.98 Å². The number of para-hydroxylation sites is 1. The number of rotatable bonds is 5. The first-order valence-electron chi connectivity index (χ1n) is 5.67. The van der Waals surface area contributed by atoms with Crippen LogP contribution >= 0.6 is 0 Å². The van der Waals surface area contributed by atoms with Gasteiger partial charge in [0.05, 0.1) is 25.8 Å². The SMILES string of the molecule is COc1ccccc1-c1noc(CNC(=O)CN)n1. The zero-order chi connectivity index (χ0) is 13.7. The summed E-state index contributed by atoms with van der Waals surface area (Å²) in [4.78, 5) is 15.2. The number of hydrogen-bond donors (Lipinski definition) is 2. The molecule has 19 heavy (non-hydrogen) atoms. The third kappa shape index (κ3) is 3.08. The molecule has 0 spiro atoms. The lowest BCUT2D eigenvalue weighted by molar-refractivity contribution is -0.120. The molecule has 0 saturated heterocycles. The van der Waals surface area contributed by atoms with Crippen molar-refractivity contribution in [1.29, 1.82) is 0 Å². The number of carbonyl (C=O) groups is 1. The van der Waals surface area contributed by atoms with E-state index in [0.29, 0.717) is 17.5 Å². The molecule has 0 fully saturated rings. The van der Waals surface area contributed by atoms with E-state index in [0.717, 1.165) is 5.56 Å². The van der Waals surface area contributed by atoms with Crippen molar-refractivity contribution in [1.82, 2.24) is 15.5 Å². The van der Waals surface area contributed by atoms with Crippen molar-refractivity contribution in [3.05, 3.63) is 30.2 Å². The van der Waals surface area contributed by atoms with E-state index < -0.39 is 0 Å². The molecule has 0 unspecified atom stereocenters. The fraction of sp³-hybridized carbons (Fsp3) is 0.250. The quantitative estimate of drug-likeness (QED) is 0.804. The van der Waals surface area contributed by atoms with Gasteiger partial charge in [0, 0.05) is 0 Å². The molecule has 0 aliphatic heterocycles. The second kappa shape index (κ2) is 5.96. The van der Waals surface area contributed by atoms with Gasteiger partial charge in [0.15, 0.2) is 0 Å². The molecule has 100 valence electrons. The van der Waals surface area contributed by atoms with Crippen molar-refractivity contribution in [2.24, 2.45) is 5.73 Å². The van der Waals surface area contributed by atoms with Gasteiger partial charge < -0.3 is 20.3 Å². The summed E-state index contributed by atoms with van der Waals surface area (Å²) in [5, 5.41) is 6.40. The number of amides is 1. The highest BCUT2D eigenvalue weighted by Gasteiger charge is 2.12. The summed E-state index contributed by atoms with van der Waals surface area (Å²) in [7, 11) is 1.57. The Kier molecular flexibility index (Phi) is 4.09. The molecule has 0 atom stereocenters. The summed E-state index contributed by atoms with van der Waals surface area (Å²) >= 11 is 0. The van der Waals surface area contributed by atoms with E-state index in [4.69, 9.17) is 15.0 Å². The molecule has 1 amide bonds. The Morgan fingerprint density at radius 1 is 1.47 bits per heavy atom. The highest BCUT2D eigenvalue weighted by Crippen LogP contribution is 2.26. The summed E-state index contributed by atoms with van der Waals surface area (Å²) in [6, 6.07) is 7.34. The van der Waals surface area contributed by atoms with E-state index in [2.05, 4.69) is 15.5 Å². The number of ether oxygens (including phenoxy) is 1. The molecule has 0 radical (unpaired) electrons. The van der Waals surface area contributed by atoms with E-state index in [-0.39, 0.29) is 19.0 Å². The van der Waals surface area contributed by atoms with E-state index in [1.54, 1.807) is 7.11 Å². The first-order valence-corrected chi connectivity index (χ1v) is 5.67. The van der Waals surface area contributed by atoms with Crippen LogP contribution in [0.3, 0.4) is 0 Å². The highest BCUT2D eigenvalue weighted by molar-refractivity contribution is 5.77. The molecule has 0 saturated carbocycles. The standard InChI is InChI=1S/C12H14N4O3/c1-18-9-5-3-2-4-8(9)12-15-11(19-16-12)7-14-10(17)6-13/h2-5H,6-7,13H2,1H3,(H,14,17). The lowest BCUT2D eigenvalue weighted by atomic mass is 10.2. The molecule has 0 aliphatic rings. The molecular weight excluding hydrogens is 248 g/mol.